The molecule has 2 aromatic carbocycles. The standard InChI is InChI=1S/C24H31ClN2O2/c1-15(2)21(18-11-13-19(25)14-12-18)22(28)26-27(24(5,6)7)23(29)20-10-8-9-16(3)17(20)4/h8-15,21H,1-7H3,(H,26,28). The minimum absolute atomic E-state index is 0.0498. The molecule has 0 heterocycles. The Hall–Kier alpha value is -2.33. The SMILES string of the molecule is Cc1cccc(C(=O)N(NC(=O)C(c2ccc(Cl)cc2)C(C)C)C(C)(C)C)c1C. The average Bonchev–Trinajstić information content (AvgIpc) is 2.62. The third-order valence-corrected chi connectivity index (χ3v) is 5.36. The first kappa shape index (κ1) is 23.0. The predicted octanol–water partition coefficient (Wildman–Crippen LogP) is 5.67. The molecule has 29 heavy (non-hydrogen) atoms. The Bertz CT molecular complexity index is 883. The van der Waals surface area contributed by atoms with E-state index in [1.54, 1.807) is 18.2 Å². The monoisotopic (exact) mass is 414 g/mol. The zero-order valence-electron chi connectivity index (χ0n) is 18.3. The Balaban J connectivity index is 2.38. The molecule has 0 spiro atoms. The van der Waals surface area contributed by atoms with E-state index < -0.39 is 11.5 Å². The van der Waals surface area contributed by atoms with Crippen molar-refractivity contribution in [3.8, 4) is 0 Å². The summed E-state index contributed by atoms with van der Waals surface area (Å²) in [4.78, 5) is 26.6. The molecule has 0 fully saturated rings. The maximum absolute atomic E-state index is 13.4. The molecular weight excluding hydrogens is 384 g/mol. The Morgan fingerprint density at radius 1 is 1.00 bits per heavy atom. The normalized spacial score (nSPS) is 12.6. The molecule has 5 heteroatoms. The molecule has 4 nitrogen and oxygen atoms in total. The molecule has 0 saturated heterocycles. The van der Waals surface area contributed by atoms with Crippen LogP contribution in [0.5, 0.6) is 0 Å². The molecule has 1 atom stereocenters. The smallest absolute Gasteiger partial charge is 0.273 e. The van der Waals surface area contributed by atoms with E-state index in [2.05, 4.69) is 5.43 Å². The summed E-state index contributed by atoms with van der Waals surface area (Å²) in [6, 6.07) is 12.9. The number of carbonyl (C=O) groups excluding carboxylic acids is 2. The number of hydrazine groups is 1. The van der Waals surface area contributed by atoms with Crippen LogP contribution >= 0.6 is 11.6 Å². The molecule has 156 valence electrons. The molecule has 2 aromatic rings. The van der Waals surface area contributed by atoms with E-state index in [0.29, 0.717) is 10.6 Å². The highest BCUT2D eigenvalue weighted by atomic mass is 35.5. The lowest BCUT2D eigenvalue weighted by Crippen LogP contribution is -2.57. The number of carbonyl (C=O) groups is 2. The fourth-order valence-corrected chi connectivity index (χ4v) is 3.44. The maximum atomic E-state index is 13.4. The number of benzene rings is 2. The summed E-state index contributed by atoms with van der Waals surface area (Å²) in [5, 5.41) is 2.07. The van der Waals surface area contributed by atoms with Crippen LogP contribution in [0.25, 0.3) is 0 Å². The largest absolute Gasteiger partial charge is 0.273 e. The lowest BCUT2D eigenvalue weighted by atomic mass is 9.88. The van der Waals surface area contributed by atoms with Crippen molar-refractivity contribution in [2.75, 3.05) is 0 Å². The Labute approximate surface area is 179 Å². The molecule has 0 aliphatic heterocycles. The van der Waals surface area contributed by atoms with Crippen LogP contribution in [0.3, 0.4) is 0 Å². The van der Waals surface area contributed by atoms with Crippen LogP contribution in [0.2, 0.25) is 5.02 Å². The number of nitrogens with zero attached hydrogens (tertiary/aromatic N) is 1. The molecule has 2 rings (SSSR count). The number of rotatable bonds is 4. The second kappa shape index (κ2) is 9.00. The van der Waals surface area contributed by atoms with E-state index >= 15 is 0 Å². The first-order chi connectivity index (χ1) is 13.4. The van der Waals surface area contributed by atoms with E-state index in [9.17, 15) is 9.59 Å². The minimum Gasteiger partial charge on any atom is -0.273 e. The number of hydrogen-bond donors (Lipinski definition) is 1. The highest BCUT2D eigenvalue weighted by Crippen LogP contribution is 2.27. The van der Waals surface area contributed by atoms with Crippen molar-refractivity contribution >= 4 is 23.4 Å². The number of amides is 2. The molecule has 1 N–H and O–H groups in total. The first-order valence-electron chi connectivity index (χ1n) is 9.90. The van der Waals surface area contributed by atoms with Gasteiger partial charge in [0.1, 0.15) is 0 Å². The van der Waals surface area contributed by atoms with Gasteiger partial charge in [-0.3, -0.25) is 15.0 Å². The van der Waals surface area contributed by atoms with Gasteiger partial charge < -0.3 is 0 Å². The summed E-state index contributed by atoms with van der Waals surface area (Å²) in [6.07, 6.45) is 0. The Morgan fingerprint density at radius 3 is 2.10 bits per heavy atom. The summed E-state index contributed by atoms with van der Waals surface area (Å²) < 4.78 is 0. The van der Waals surface area contributed by atoms with E-state index in [1.165, 1.54) is 5.01 Å². The second-order valence-electron chi connectivity index (χ2n) is 8.81. The third-order valence-electron chi connectivity index (χ3n) is 5.11. The summed E-state index contributed by atoms with van der Waals surface area (Å²) in [7, 11) is 0. The first-order valence-corrected chi connectivity index (χ1v) is 10.3. The van der Waals surface area contributed by atoms with Gasteiger partial charge in [-0.05, 0) is 75.4 Å². The van der Waals surface area contributed by atoms with Crippen molar-refractivity contribution in [3.63, 3.8) is 0 Å². The van der Waals surface area contributed by atoms with Gasteiger partial charge >= 0.3 is 0 Å². The molecule has 0 radical (unpaired) electrons. The van der Waals surface area contributed by atoms with Crippen molar-refractivity contribution in [1.82, 2.24) is 10.4 Å². The van der Waals surface area contributed by atoms with Crippen LogP contribution in [-0.4, -0.2) is 22.4 Å². The quantitative estimate of drug-likeness (QED) is 0.655. The molecule has 2 amide bonds. The number of aryl methyl sites for hydroxylation is 1. The number of nitrogens with one attached hydrogen (secondary N) is 1. The summed E-state index contributed by atoms with van der Waals surface area (Å²) in [5.41, 5.74) is 5.73. The lowest BCUT2D eigenvalue weighted by molar-refractivity contribution is -0.129. The average molecular weight is 415 g/mol. The van der Waals surface area contributed by atoms with Crippen molar-refractivity contribution < 1.29 is 9.59 Å². The van der Waals surface area contributed by atoms with Crippen LogP contribution in [-0.2, 0) is 4.79 Å². The van der Waals surface area contributed by atoms with E-state index in [0.717, 1.165) is 16.7 Å². The van der Waals surface area contributed by atoms with E-state index in [-0.39, 0.29) is 17.7 Å². The highest BCUT2D eigenvalue weighted by Gasteiger charge is 2.33. The third kappa shape index (κ3) is 5.39. The van der Waals surface area contributed by atoms with E-state index in [1.807, 2.05) is 72.7 Å². The van der Waals surface area contributed by atoms with Crippen LogP contribution in [0, 0.1) is 19.8 Å². The van der Waals surface area contributed by atoms with Gasteiger partial charge in [0.2, 0.25) is 5.91 Å². The molecule has 0 bridgehead atoms. The number of hydrogen-bond acceptors (Lipinski definition) is 2. The summed E-state index contributed by atoms with van der Waals surface area (Å²) >= 11 is 6.00. The zero-order chi connectivity index (χ0) is 21.9. The summed E-state index contributed by atoms with van der Waals surface area (Å²) in [5.74, 6) is -0.779. The Kier molecular flexibility index (Phi) is 7.12. The van der Waals surface area contributed by atoms with Crippen LogP contribution in [0.1, 0.15) is 67.6 Å². The predicted molar refractivity (Wildman–Crippen MR) is 119 cm³/mol. The van der Waals surface area contributed by atoms with Crippen LogP contribution in [0.4, 0.5) is 0 Å². The van der Waals surface area contributed by atoms with Crippen molar-refractivity contribution in [2.24, 2.45) is 5.92 Å². The van der Waals surface area contributed by atoms with Crippen LogP contribution in [0.15, 0.2) is 42.5 Å². The van der Waals surface area contributed by atoms with E-state index in [4.69, 9.17) is 11.6 Å². The van der Waals surface area contributed by atoms with Gasteiger partial charge in [0.25, 0.3) is 5.91 Å². The zero-order valence-corrected chi connectivity index (χ0v) is 19.1. The van der Waals surface area contributed by atoms with Crippen molar-refractivity contribution in [1.29, 1.82) is 0 Å². The lowest BCUT2D eigenvalue weighted by Gasteiger charge is -2.37. The molecule has 0 saturated carbocycles. The minimum atomic E-state index is -0.593. The number of halogens is 1. The van der Waals surface area contributed by atoms with Gasteiger partial charge in [-0.1, -0.05) is 49.7 Å². The van der Waals surface area contributed by atoms with Gasteiger partial charge in [-0.25, -0.2) is 5.01 Å². The van der Waals surface area contributed by atoms with Gasteiger partial charge in [-0.15, -0.1) is 0 Å². The highest BCUT2D eigenvalue weighted by molar-refractivity contribution is 6.30. The Morgan fingerprint density at radius 2 is 1.59 bits per heavy atom. The molecule has 0 aliphatic carbocycles. The van der Waals surface area contributed by atoms with Gasteiger partial charge in [0.15, 0.2) is 0 Å². The molecule has 1 unspecified atom stereocenters. The fraction of sp³-hybridized carbons (Fsp3) is 0.417. The summed E-state index contributed by atoms with van der Waals surface area (Å²) in [6.45, 7) is 13.6. The van der Waals surface area contributed by atoms with Gasteiger partial charge in [0.05, 0.1) is 11.5 Å². The molecular formula is C24H31ClN2O2. The van der Waals surface area contributed by atoms with Crippen LogP contribution < -0.4 is 5.43 Å². The maximum Gasteiger partial charge on any atom is 0.273 e. The second-order valence-corrected chi connectivity index (χ2v) is 9.24. The molecule has 0 aromatic heterocycles. The van der Waals surface area contributed by atoms with Gasteiger partial charge in [0, 0.05) is 10.6 Å². The van der Waals surface area contributed by atoms with Gasteiger partial charge in [-0.2, -0.15) is 0 Å². The molecule has 0 aliphatic rings. The fourth-order valence-electron chi connectivity index (χ4n) is 3.32. The topological polar surface area (TPSA) is 49.4 Å². The van der Waals surface area contributed by atoms with Crippen molar-refractivity contribution in [3.05, 3.63) is 69.7 Å². The van der Waals surface area contributed by atoms with Crippen molar-refractivity contribution in [2.45, 2.75) is 59.9 Å².